The van der Waals surface area contributed by atoms with Crippen LogP contribution in [0.4, 0.5) is 10.5 Å². The Balaban J connectivity index is 1.40. The van der Waals surface area contributed by atoms with Gasteiger partial charge in [-0.3, -0.25) is 0 Å². The minimum atomic E-state index is -0.365. The molecule has 0 aromatic heterocycles. The normalized spacial score (nSPS) is 19.2. The first-order valence-electron chi connectivity index (χ1n) is 8.10. The Kier molecular flexibility index (Phi) is 5.26. The Labute approximate surface area is 147 Å². The van der Waals surface area contributed by atoms with Gasteiger partial charge < -0.3 is 15.4 Å². The van der Waals surface area contributed by atoms with E-state index in [0.29, 0.717) is 12.6 Å². The number of carbonyl (C=O) groups is 1. The van der Waals surface area contributed by atoms with Gasteiger partial charge in [0.1, 0.15) is 6.61 Å². The summed E-state index contributed by atoms with van der Waals surface area (Å²) in [6.07, 6.45) is 1.37. The van der Waals surface area contributed by atoms with Gasteiger partial charge in [0.2, 0.25) is 0 Å². The van der Waals surface area contributed by atoms with Crippen molar-refractivity contribution in [3.63, 3.8) is 0 Å². The van der Waals surface area contributed by atoms with Crippen LogP contribution in [0.15, 0.2) is 48.5 Å². The van der Waals surface area contributed by atoms with E-state index in [1.807, 2.05) is 55.5 Å². The topological polar surface area (TPSA) is 50.4 Å². The van der Waals surface area contributed by atoms with E-state index in [4.69, 9.17) is 16.3 Å². The summed E-state index contributed by atoms with van der Waals surface area (Å²) in [7, 11) is 0. The summed E-state index contributed by atoms with van der Waals surface area (Å²) in [6, 6.07) is 16.0. The number of benzene rings is 2. The zero-order valence-corrected chi connectivity index (χ0v) is 14.3. The Morgan fingerprint density at radius 3 is 2.58 bits per heavy atom. The molecule has 1 saturated carbocycles. The molecule has 0 spiro atoms. The Morgan fingerprint density at radius 1 is 1.12 bits per heavy atom. The standard InChI is InChI=1S/C19H21ClN2O2/c1-13-6-5-9-17(20)18(13)21-15-10-16(11-15)22-19(23)24-12-14-7-3-2-4-8-14/h2-9,15-16,21H,10-12H2,1H3,(H,22,23). The molecule has 1 fully saturated rings. The van der Waals surface area contributed by atoms with E-state index < -0.39 is 0 Å². The molecule has 0 atom stereocenters. The minimum Gasteiger partial charge on any atom is -0.445 e. The van der Waals surface area contributed by atoms with Gasteiger partial charge in [0.15, 0.2) is 0 Å². The largest absolute Gasteiger partial charge is 0.445 e. The van der Waals surface area contributed by atoms with Crippen molar-refractivity contribution in [3.05, 3.63) is 64.7 Å². The number of amides is 1. The van der Waals surface area contributed by atoms with Crippen molar-refractivity contribution in [2.75, 3.05) is 5.32 Å². The van der Waals surface area contributed by atoms with Crippen molar-refractivity contribution >= 4 is 23.4 Å². The van der Waals surface area contributed by atoms with E-state index >= 15 is 0 Å². The van der Waals surface area contributed by atoms with Gasteiger partial charge in [0.05, 0.1) is 10.7 Å². The van der Waals surface area contributed by atoms with Crippen LogP contribution in [0.5, 0.6) is 0 Å². The summed E-state index contributed by atoms with van der Waals surface area (Å²) in [5.74, 6) is 0. The number of anilines is 1. The molecule has 0 heterocycles. The fourth-order valence-corrected chi connectivity index (χ4v) is 3.08. The number of aryl methyl sites for hydroxylation is 1. The van der Waals surface area contributed by atoms with Gasteiger partial charge in [-0.25, -0.2) is 4.79 Å². The van der Waals surface area contributed by atoms with Crippen LogP contribution in [0.3, 0.4) is 0 Å². The first-order chi connectivity index (χ1) is 11.6. The first-order valence-corrected chi connectivity index (χ1v) is 8.48. The lowest BCUT2D eigenvalue weighted by Gasteiger charge is -2.37. The molecule has 0 saturated heterocycles. The summed E-state index contributed by atoms with van der Waals surface area (Å²) < 4.78 is 5.23. The van der Waals surface area contributed by atoms with Gasteiger partial charge in [-0.1, -0.05) is 54.1 Å². The lowest BCUT2D eigenvalue weighted by atomic mass is 9.86. The summed E-state index contributed by atoms with van der Waals surface area (Å²) in [6.45, 7) is 2.32. The van der Waals surface area contributed by atoms with E-state index in [1.165, 1.54) is 0 Å². The van der Waals surface area contributed by atoms with Crippen molar-refractivity contribution < 1.29 is 9.53 Å². The van der Waals surface area contributed by atoms with E-state index in [9.17, 15) is 4.79 Å². The van der Waals surface area contributed by atoms with Crippen LogP contribution >= 0.6 is 11.6 Å². The van der Waals surface area contributed by atoms with Crippen LogP contribution < -0.4 is 10.6 Å². The number of hydrogen-bond donors (Lipinski definition) is 2. The van der Waals surface area contributed by atoms with Gasteiger partial charge >= 0.3 is 6.09 Å². The average molecular weight is 345 g/mol. The van der Waals surface area contributed by atoms with Crippen molar-refractivity contribution in [3.8, 4) is 0 Å². The second-order valence-electron chi connectivity index (χ2n) is 6.15. The van der Waals surface area contributed by atoms with Gasteiger partial charge in [0.25, 0.3) is 0 Å². The monoisotopic (exact) mass is 344 g/mol. The predicted molar refractivity (Wildman–Crippen MR) is 96.4 cm³/mol. The van der Waals surface area contributed by atoms with E-state index in [2.05, 4.69) is 10.6 Å². The number of hydrogen-bond acceptors (Lipinski definition) is 3. The highest BCUT2D eigenvalue weighted by molar-refractivity contribution is 6.33. The highest BCUT2D eigenvalue weighted by atomic mass is 35.5. The van der Waals surface area contributed by atoms with Crippen LogP contribution in [-0.4, -0.2) is 18.2 Å². The second kappa shape index (κ2) is 7.58. The maximum absolute atomic E-state index is 11.8. The third kappa shape index (κ3) is 4.20. The molecule has 0 radical (unpaired) electrons. The maximum atomic E-state index is 11.8. The van der Waals surface area contributed by atoms with E-state index in [-0.39, 0.29) is 12.1 Å². The fraction of sp³-hybridized carbons (Fsp3) is 0.316. The zero-order chi connectivity index (χ0) is 16.9. The Bertz CT molecular complexity index is 680. The molecular weight excluding hydrogens is 324 g/mol. The average Bonchev–Trinajstić information content (AvgIpc) is 2.54. The molecule has 2 N–H and O–H groups in total. The van der Waals surface area contributed by atoms with E-state index in [0.717, 1.165) is 34.7 Å². The van der Waals surface area contributed by atoms with Crippen molar-refractivity contribution in [1.82, 2.24) is 5.32 Å². The molecule has 2 aromatic carbocycles. The van der Waals surface area contributed by atoms with Crippen molar-refractivity contribution in [2.24, 2.45) is 0 Å². The predicted octanol–water partition coefficient (Wildman–Crippen LogP) is 4.52. The van der Waals surface area contributed by atoms with Gasteiger partial charge in [-0.2, -0.15) is 0 Å². The molecular formula is C19H21ClN2O2. The molecule has 126 valence electrons. The zero-order valence-electron chi connectivity index (χ0n) is 13.6. The molecule has 1 aliphatic carbocycles. The maximum Gasteiger partial charge on any atom is 0.407 e. The van der Waals surface area contributed by atoms with Gasteiger partial charge in [0, 0.05) is 12.1 Å². The summed E-state index contributed by atoms with van der Waals surface area (Å²) in [4.78, 5) is 11.8. The molecule has 1 aliphatic rings. The SMILES string of the molecule is Cc1cccc(Cl)c1NC1CC(NC(=O)OCc2ccccc2)C1. The molecule has 0 aliphatic heterocycles. The number of alkyl carbamates (subject to hydrolysis) is 1. The quantitative estimate of drug-likeness (QED) is 0.838. The van der Waals surface area contributed by atoms with Crippen LogP contribution in [-0.2, 0) is 11.3 Å². The smallest absolute Gasteiger partial charge is 0.407 e. The van der Waals surface area contributed by atoms with Crippen LogP contribution in [0, 0.1) is 6.92 Å². The number of ether oxygens (including phenoxy) is 1. The van der Waals surface area contributed by atoms with Crippen LogP contribution in [0.1, 0.15) is 24.0 Å². The molecule has 3 rings (SSSR count). The van der Waals surface area contributed by atoms with E-state index in [1.54, 1.807) is 0 Å². The molecule has 2 aromatic rings. The lowest BCUT2D eigenvalue weighted by molar-refractivity contribution is 0.129. The number of halogens is 1. The molecule has 4 nitrogen and oxygen atoms in total. The first kappa shape index (κ1) is 16.7. The minimum absolute atomic E-state index is 0.147. The lowest BCUT2D eigenvalue weighted by Crippen LogP contribution is -2.49. The third-order valence-corrected chi connectivity index (χ3v) is 4.56. The van der Waals surface area contributed by atoms with Gasteiger partial charge in [-0.05, 0) is 37.0 Å². The molecule has 0 bridgehead atoms. The Morgan fingerprint density at radius 2 is 1.88 bits per heavy atom. The number of para-hydroxylation sites is 1. The Hall–Kier alpha value is -2.20. The molecule has 0 unspecified atom stereocenters. The number of carbonyl (C=O) groups excluding carboxylic acids is 1. The third-order valence-electron chi connectivity index (χ3n) is 4.24. The van der Waals surface area contributed by atoms with Crippen molar-refractivity contribution in [2.45, 2.75) is 38.5 Å². The second-order valence-corrected chi connectivity index (χ2v) is 6.55. The van der Waals surface area contributed by atoms with Crippen LogP contribution in [0.25, 0.3) is 0 Å². The summed E-state index contributed by atoms with van der Waals surface area (Å²) in [5.41, 5.74) is 3.09. The molecule has 1 amide bonds. The fourth-order valence-electron chi connectivity index (χ4n) is 2.80. The highest BCUT2D eigenvalue weighted by Gasteiger charge is 2.31. The van der Waals surface area contributed by atoms with Crippen LogP contribution in [0.2, 0.25) is 5.02 Å². The molecule has 5 heteroatoms. The number of rotatable bonds is 5. The van der Waals surface area contributed by atoms with Crippen molar-refractivity contribution in [1.29, 1.82) is 0 Å². The van der Waals surface area contributed by atoms with Gasteiger partial charge in [-0.15, -0.1) is 0 Å². The number of nitrogens with one attached hydrogen (secondary N) is 2. The summed E-state index contributed by atoms with van der Waals surface area (Å²) >= 11 is 6.22. The molecule has 24 heavy (non-hydrogen) atoms. The summed E-state index contributed by atoms with van der Waals surface area (Å²) in [5, 5.41) is 7.08. The highest BCUT2D eigenvalue weighted by Crippen LogP contribution is 2.30.